The average Bonchev–Trinajstić information content (AvgIpc) is 3.36. The molecule has 0 radical (unpaired) electrons. The van der Waals surface area contributed by atoms with Gasteiger partial charge in [-0.05, 0) is 134 Å². The summed E-state index contributed by atoms with van der Waals surface area (Å²) in [6.45, 7) is 30.7. The maximum absolute atomic E-state index is 12.8. The lowest BCUT2D eigenvalue weighted by atomic mass is 9.93. The highest BCUT2D eigenvalue weighted by Gasteiger charge is 2.40. The van der Waals surface area contributed by atoms with Crippen molar-refractivity contribution >= 4 is 35.8 Å². The van der Waals surface area contributed by atoms with E-state index in [1.54, 1.807) is 18.2 Å². The Hall–Kier alpha value is -4.98. The minimum atomic E-state index is -0.684. The number of benzene rings is 1. The van der Waals surface area contributed by atoms with Crippen LogP contribution in [0.4, 0.5) is 0 Å². The van der Waals surface area contributed by atoms with Gasteiger partial charge in [0.25, 0.3) is 0 Å². The van der Waals surface area contributed by atoms with E-state index in [1.807, 2.05) is 62.3 Å². The van der Waals surface area contributed by atoms with Crippen LogP contribution in [0.1, 0.15) is 156 Å². The van der Waals surface area contributed by atoms with Crippen LogP contribution in [-0.2, 0) is 105 Å². The highest BCUT2D eigenvalue weighted by Crippen LogP contribution is 2.32. The van der Waals surface area contributed by atoms with Gasteiger partial charge in [0.15, 0.2) is 17.4 Å². The number of esters is 6. The van der Waals surface area contributed by atoms with Crippen LogP contribution in [-0.4, -0.2) is 113 Å². The molecule has 3 heterocycles. The van der Waals surface area contributed by atoms with Crippen molar-refractivity contribution in [1.29, 1.82) is 0 Å². The van der Waals surface area contributed by atoms with E-state index < -0.39 is 69.4 Å². The van der Waals surface area contributed by atoms with E-state index in [1.165, 1.54) is 0 Å². The van der Waals surface area contributed by atoms with Crippen LogP contribution in [0.15, 0.2) is 54.7 Å². The van der Waals surface area contributed by atoms with E-state index in [0.717, 1.165) is 0 Å². The zero-order chi connectivity index (χ0) is 55.5. The summed E-state index contributed by atoms with van der Waals surface area (Å²) in [6.07, 6.45) is 4.19. The minimum absolute atomic E-state index is 0.0967. The molecule has 1 aromatic rings. The molecule has 3 aliphatic rings. The van der Waals surface area contributed by atoms with Gasteiger partial charge in [-0.1, -0.05) is 40.5 Å². The lowest BCUT2D eigenvalue weighted by Gasteiger charge is -2.40. The maximum Gasteiger partial charge on any atom is 0.333 e. The summed E-state index contributed by atoms with van der Waals surface area (Å²) in [4.78, 5) is 76.4. The SMILES string of the molecule is C=C(CCCCC(=O)OCc1cc(COC(=O)CCCCC(=C)C(=O)OCC2(C)COC(C)(C)OC2)cc(COC(=O)CCCCC(=C)C(=O)OCC2(C)COC(C)(C)OC2)c1)C(=O)OCC1(C)COC(C)(C)OC1. The van der Waals surface area contributed by atoms with E-state index in [0.29, 0.717) is 131 Å². The first-order valence-corrected chi connectivity index (χ1v) is 26.0. The molecule has 75 heavy (non-hydrogen) atoms. The Morgan fingerprint density at radius 2 is 0.587 bits per heavy atom. The van der Waals surface area contributed by atoms with Crippen molar-refractivity contribution in [1.82, 2.24) is 0 Å². The first-order valence-electron chi connectivity index (χ1n) is 26.0. The fourth-order valence-electron chi connectivity index (χ4n) is 7.54. The molecule has 0 aliphatic carbocycles. The molecule has 0 atom stereocenters. The minimum Gasteiger partial charge on any atom is -0.462 e. The van der Waals surface area contributed by atoms with Crippen molar-refractivity contribution in [2.75, 3.05) is 59.5 Å². The first kappa shape index (κ1) is 62.6. The molecule has 3 saturated heterocycles. The first-order chi connectivity index (χ1) is 35.1. The van der Waals surface area contributed by atoms with Gasteiger partial charge < -0.3 is 56.8 Å². The second-order valence-corrected chi connectivity index (χ2v) is 22.7. The van der Waals surface area contributed by atoms with Gasteiger partial charge in [0.2, 0.25) is 0 Å². The van der Waals surface area contributed by atoms with Gasteiger partial charge in [-0.15, -0.1) is 0 Å². The van der Waals surface area contributed by atoms with E-state index >= 15 is 0 Å². The monoisotopic (exact) mass is 1060 g/mol. The smallest absolute Gasteiger partial charge is 0.333 e. The van der Waals surface area contributed by atoms with Crippen LogP contribution in [0, 0.1) is 16.2 Å². The van der Waals surface area contributed by atoms with Crippen LogP contribution in [0.3, 0.4) is 0 Å². The Kier molecular flexibility index (Phi) is 23.7. The quantitative estimate of drug-likeness (QED) is 0.0304. The van der Waals surface area contributed by atoms with Crippen LogP contribution in [0.5, 0.6) is 0 Å². The second kappa shape index (κ2) is 28.4. The summed E-state index contributed by atoms with van der Waals surface area (Å²) >= 11 is 0. The summed E-state index contributed by atoms with van der Waals surface area (Å²) in [7, 11) is 0. The number of carbonyl (C=O) groups is 6. The number of hydrogen-bond donors (Lipinski definition) is 0. The van der Waals surface area contributed by atoms with Gasteiger partial charge in [-0.2, -0.15) is 0 Å². The van der Waals surface area contributed by atoms with E-state index in [9.17, 15) is 28.8 Å². The van der Waals surface area contributed by atoms with Gasteiger partial charge in [0.05, 0.1) is 39.6 Å². The number of unbranched alkanes of at least 4 members (excludes halogenated alkanes) is 3. The lowest BCUT2D eigenvalue weighted by molar-refractivity contribution is -0.287. The largest absolute Gasteiger partial charge is 0.462 e. The molecule has 0 amide bonds. The average molecular weight is 1060 g/mol. The normalized spacial score (nSPS) is 18.8. The third-order valence-corrected chi connectivity index (χ3v) is 12.8. The molecular weight excluding hydrogens is 973 g/mol. The number of hydrogen-bond acceptors (Lipinski definition) is 18. The van der Waals surface area contributed by atoms with Crippen molar-refractivity contribution in [3.8, 4) is 0 Å². The molecular formula is C57H84O18. The lowest BCUT2D eigenvalue weighted by Crippen LogP contribution is -2.47. The Morgan fingerprint density at radius 1 is 0.373 bits per heavy atom. The topological polar surface area (TPSA) is 213 Å². The Morgan fingerprint density at radius 3 is 0.813 bits per heavy atom. The highest BCUT2D eigenvalue weighted by atomic mass is 16.7. The zero-order valence-electron chi connectivity index (χ0n) is 46.2. The van der Waals surface area contributed by atoms with Gasteiger partial charge in [-0.3, -0.25) is 14.4 Å². The van der Waals surface area contributed by atoms with Crippen molar-refractivity contribution in [2.45, 2.75) is 177 Å². The molecule has 3 fully saturated rings. The Labute approximate surface area is 443 Å². The molecule has 0 spiro atoms. The maximum atomic E-state index is 12.8. The van der Waals surface area contributed by atoms with Gasteiger partial charge in [0, 0.05) is 52.2 Å². The number of rotatable bonds is 30. The standard InChI is InChI=1S/C57H84O18/c1-40(49(61)67-31-55(10)34-70-52(4,5)71-35-55)19-13-16-22-46(58)64-28-43-25-44(29-65-47(59)23-17-14-20-41(2)50(62)68-32-56(11)36-72-53(6,7)73-37-56)27-45(26-43)30-66-48(60)24-18-15-21-42(3)51(63)69-33-57(12)38-74-54(8,9)75-39-57/h25-27H,1-3,13-24,28-39H2,4-12H3. The Balaban J connectivity index is 1.21. The third kappa shape index (κ3) is 23.4. The van der Waals surface area contributed by atoms with Crippen molar-refractivity contribution < 1.29 is 85.6 Å². The van der Waals surface area contributed by atoms with Gasteiger partial charge in [-0.25, -0.2) is 14.4 Å². The van der Waals surface area contributed by atoms with Crippen LogP contribution < -0.4 is 0 Å². The Bertz CT molecular complexity index is 1890. The highest BCUT2D eigenvalue weighted by molar-refractivity contribution is 5.88. The van der Waals surface area contributed by atoms with Crippen molar-refractivity contribution in [3.05, 3.63) is 71.3 Å². The fourth-order valence-corrected chi connectivity index (χ4v) is 7.54. The van der Waals surface area contributed by atoms with E-state index in [-0.39, 0.29) is 58.9 Å². The number of carbonyl (C=O) groups excluding carboxylic acids is 6. The second-order valence-electron chi connectivity index (χ2n) is 22.7. The van der Waals surface area contributed by atoms with Crippen molar-refractivity contribution in [2.24, 2.45) is 16.2 Å². The molecule has 18 nitrogen and oxygen atoms in total. The molecule has 0 N–H and O–H groups in total. The van der Waals surface area contributed by atoms with Crippen LogP contribution in [0.25, 0.3) is 0 Å². The summed E-state index contributed by atoms with van der Waals surface area (Å²) < 4.78 is 67.6. The van der Waals surface area contributed by atoms with Gasteiger partial charge in [0.1, 0.15) is 39.6 Å². The molecule has 3 aliphatic heterocycles. The van der Waals surface area contributed by atoms with Crippen LogP contribution in [0.2, 0.25) is 0 Å². The van der Waals surface area contributed by atoms with E-state index in [2.05, 4.69) is 19.7 Å². The molecule has 0 bridgehead atoms. The van der Waals surface area contributed by atoms with E-state index in [4.69, 9.17) is 56.8 Å². The molecule has 420 valence electrons. The summed E-state index contributed by atoms with van der Waals surface area (Å²) in [5.41, 5.74) is 1.24. The van der Waals surface area contributed by atoms with Crippen molar-refractivity contribution in [3.63, 3.8) is 0 Å². The summed E-state index contributed by atoms with van der Waals surface area (Å²) in [6, 6.07) is 5.23. The summed E-state index contributed by atoms with van der Waals surface area (Å²) in [5.74, 6) is -4.93. The fraction of sp³-hybridized carbons (Fsp3) is 0.684. The predicted octanol–water partition coefficient (Wildman–Crippen LogP) is 9.16. The molecule has 4 rings (SSSR count). The third-order valence-electron chi connectivity index (χ3n) is 12.8. The molecule has 0 saturated carbocycles. The molecule has 18 heteroatoms. The molecule has 0 aromatic heterocycles. The zero-order valence-corrected chi connectivity index (χ0v) is 46.2. The number of ether oxygens (including phenoxy) is 12. The van der Waals surface area contributed by atoms with Gasteiger partial charge >= 0.3 is 35.8 Å². The molecule has 0 unspecified atom stereocenters. The summed E-state index contributed by atoms with van der Waals surface area (Å²) in [5, 5.41) is 0. The predicted molar refractivity (Wildman–Crippen MR) is 274 cm³/mol. The van der Waals surface area contributed by atoms with Crippen LogP contribution >= 0.6 is 0 Å². The molecule has 1 aromatic carbocycles.